The van der Waals surface area contributed by atoms with E-state index in [1.807, 2.05) is 13.0 Å². The Hall–Kier alpha value is -1.32. The number of hydrogen-bond acceptors (Lipinski definition) is 4. The molecule has 2 rings (SSSR count). The lowest BCUT2D eigenvalue weighted by atomic mass is 9.75. The molecule has 4 heteroatoms. The van der Waals surface area contributed by atoms with Crippen molar-refractivity contribution in [2.75, 3.05) is 11.9 Å². The first-order chi connectivity index (χ1) is 9.60. The quantitative estimate of drug-likeness (QED) is 0.890. The lowest BCUT2D eigenvalue weighted by molar-refractivity contribution is 0.0426. The molecule has 1 aliphatic rings. The predicted octanol–water partition coefficient (Wildman–Crippen LogP) is 3.75. The highest BCUT2D eigenvalue weighted by molar-refractivity contribution is 5.27. The van der Waals surface area contributed by atoms with Crippen molar-refractivity contribution in [3.63, 3.8) is 0 Å². The third-order valence-electron chi connectivity index (χ3n) is 4.20. The summed E-state index contributed by atoms with van der Waals surface area (Å²) in [5.41, 5.74) is 0. The third kappa shape index (κ3) is 3.84. The maximum absolute atomic E-state index is 6.20. The van der Waals surface area contributed by atoms with Gasteiger partial charge in [-0.25, -0.2) is 4.98 Å². The summed E-state index contributed by atoms with van der Waals surface area (Å²) in [6, 6.07) is 1.86. The molecule has 1 N–H and O–H groups in total. The van der Waals surface area contributed by atoms with E-state index in [9.17, 15) is 0 Å². The Morgan fingerprint density at radius 1 is 1.40 bits per heavy atom. The summed E-state index contributed by atoms with van der Waals surface area (Å²) in [6.45, 7) is 9.76. The fraction of sp³-hybridized carbons (Fsp3) is 0.750. The molecular weight excluding hydrogens is 250 g/mol. The summed E-state index contributed by atoms with van der Waals surface area (Å²) in [6.07, 6.45) is 5.74. The first-order valence-corrected chi connectivity index (χ1v) is 7.83. The molecule has 3 atom stereocenters. The Morgan fingerprint density at radius 3 is 2.90 bits per heavy atom. The van der Waals surface area contributed by atoms with Crippen LogP contribution < -0.4 is 10.1 Å². The van der Waals surface area contributed by atoms with Gasteiger partial charge in [0.15, 0.2) is 0 Å². The molecule has 1 aromatic heterocycles. The van der Waals surface area contributed by atoms with E-state index in [1.165, 1.54) is 12.8 Å². The Morgan fingerprint density at radius 2 is 2.20 bits per heavy atom. The van der Waals surface area contributed by atoms with Crippen molar-refractivity contribution in [2.24, 2.45) is 17.8 Å². The Kier molecular flexibility index (Phi) is 5.21. The van der Waals surface area contributed by atoms with Crippen molar-refractivity contribution < 1.29 is 4.74 Å². The summed E-state index contributed by atoms with van der Waals surface area (Å²) in [4.78, 5) is 8.62. The molecule has 0 radical (unpaired) electrons. The van der Waals surface area contributed by atoms with Crippen LogP contribution in [0.1, 0.15) is 47.0 Å². The third-order valence-corrected chi connectivity index (χ3v) is 4.20. The maximum Gasteiger partial charge on any atom is 0.225 e. The molecule has 1 aromatic rings. The molecule has 1 aliphatic carbocycles. The molecule has 112 valence electrons. The van der Waals surface area contributed by atoms with Gasteiger partial charge < -0.3 is 10.1 Å². The summed E-state index contributed by atoms with van der Waals surface area (Å²) in [5.74, 6) is 3.37. The minimum absolute atomic E-state index is 0.281. The lowest BCUT2D eigenvalue weighted by Gasteiger charge is -2.37. The molecule has 0 aliphatic heterocycles. The second-order valence-electron chi connectivity index (χ2n) is 6.23. The first kappa shape index (κ1) is 15.1. The van der Waals surface area contributed by atoms with Crippen molar-refractivity contribution in [3.05, 3.63) is 12.3 Å². The van der Waals surface area contributed by atoms with Crippen LogP contribution in [0.2, 0.25) is 0 Å². The molecule has 1 fully saturated rings. The number of nitrogens with one attached hydrogen (secondary N) is 1. The number of nitrogens with zero attached hydrogens (tertiary/aromatic N) is 2. The van der Waals surface area contributed by atoms with E-state index in [-0.39, 0.29) is 6.10 Å². The van der Waals surface area contributed by atoms with Crippen LogP contribution >= 0.6 is 0 Å². The van der Waals surface area contributed by atoms with Crippen LogP contribution in [0.3, 0.4) is 0 Å². The van der Waals surface area contributed by atoms with Crippen molar-refractivity contribution in [1.82, 2.24) is 9.97 Å². The zero-order chi connectivity index (χ0) is 14.5. The van der Waals surface area contributed by atoms with Crippen molar-refractivity contribution >= 4 is 5.95 Å². The van der Waals surface area contributed by atoms with Crippen LogP contribution in [0.25, 0.3) is 0 Å². The first-order valence-electron chi connectivity index (χ1n) is 7.83. The highest BCUT2D eigenvalue weighted by atomic mass is 16.5. The minimum atomic E-state index is 0.281. The van der Waals surface area contributed by atoms with Crippen LogP contribution in [0.15, 0.2) is 12.3 Å². The van der Waals surface area contributed by atoms with Crippen molar-refractivity contribution in [2.45, 2.75) is 53.1 Å². The SMILES string of the molecule is CCNc1nccc(OC2CC(C)CCC2C(C)C)n1. The molecule has 0 aromatic carbocycles. The molecule has 3 unspecified atom stereocenters. The molecule has 0 amide bonds. The van der Waals surface area contributed by atoms with Gasteiger partial charge in [-0.2, -0.15) is 4.98 Å². The van der Waals surface area contributed by atoms with Gasteiger partial charge in [-0.1, -0.05) is 27.2 Å². The van der Waals surface area contributed by atoms with E-state index in [1.54, 1.807) is 6.20 Å². The average molecular weight is 277 g/mol. The maximum atomic E-state index is 6.20. The molecule has 1 saturated carbocycles. The van der Waals surface area contributed by atoms with E-state index >= 15 is 0 Å². The molecule has 4 nitrogen and oxygen atoms in total. The van der Waals surface area contributed by atoms with Crippen LogP contribution in [-0.4, -0.2) is 22.6 Å². The van der Waals surface area contributed by atoms with Gasteiger partial charge in [-0.15, -0.1) is 0 Å². The van der Waals surface area contributed by atoms with E-state index in [2.05, 4.69) is 36.1 Å². The summed E-state index contributed by atoms with van der Waals surface area (Å²) in [7, 11) is 0. The monoisotopic (exact) mass is 277 g/mol. The average Bonchev–Trinajstić information content (AvgIpc) is 2.39. The van der Waals surface area contributed by atoms with Crippen LogP contribution in [0.4, 0.5) is 5.95 Å². The van der Waals surface area contributed by atoms with Gasteiger partial charge in [0.25, 0.3) is 0 Å². The molecule has 0 spiro atoms. The Bertz CT molecular complexity index is 422. The fourth-order valence-corrected chi connectivity index (χ4v) is 3.06. The predicted molar refractivity (Wildman–Crippen MR) is 82.0 cm³/mol. The topological polar surface area (TPSA) is 47.0 Å². The van der Waals surface area contributed by atoms with E-state index in [4.69, 9.17) is 4.74 Å². The van der Waals surface area contributed by atoms with Crippen molar-refractivity contribution in [1.29, 1.82) is 0 Å². The van der Waals surface area contributed by atoms with Gasteiger partial charge in [0.1, 0.15) is 6.10 Å². The van der Waals surface area contributed by atoms with E-state index in [0.29, 0.717) is 23.7 Å². The van der Waals surface area contributed by atoms with Crippen LogP contribution in [0, 0.1) is 17.8 Å². The smallest absolute Gasteiger partial charge is 0.225 e. The molecule has 0 bridgehead atoms. The van der Waals surface area contributed by atoms with Gasteiger partial charge in [-0.05, 0) is 37.5 Å². The highest BCUT2D eigenvalue weighted by Crippen LogP contribution is 2.35. The number of aromatic nitrogens is 2. The second-order valence-corrected chi connectivity index (χ2v) is 6.23. The number of rotatable bonds is 5. The van der Waals surface area contributed by atoms with E-state index in [0.717, 1.165) is 18.9 Å². The second kappa shape index (κ2) is 6.91. The zero-order valence-electron chi connectivity index (χ0n) is 13.1. The van der Waals surface area contributed by atoms with Gasteiger partial charge in [0, 0.05) is 18.8 Å². The number of anilines is 1. The largest absolute Gasteiger partial charge is 0.474 e. The van der Waals surface area contributed by atoms with Gasteiger partial charge in [0.2, 0.25) is 11.8 Å². The fourth-order valence-electron chi connectivity index (χ4n) is 3.06. The normalized spacial score (nSPS) is 26.6. The van der Waals surface area contributed by atoms with E-state index < -0.39 is 0 Å². The van der Waals surface area contributed by atoms with Crippen molar-refractivity contribution in [3.8, 4) is 5.88 Å². The number of hydrogen-bond donors (Lipinski definition) is 1. The van der Waals surface area contributed by atoms with Gasteiger partial charge in [-0.3, -0.25) is 0 Å². The standard InChI is InChI=1S/C16H27N3O/c1-5-17-16-18-9-8-15(19-16)20-14-10-12(4)6-7-13(14)11(2)3/h8-9,11-14H,5-7,10H2,1-4H3,(H,17,18,19). The van der Waals surface area contributed by atoms with Crippen LogP contribution in [-0.2, 0) is 0 Å². The number of ether oxygens (including phenoxy) is 1. The zero-order valence-corrected chi connectivity index (χ0v) is 13.1. The van der Waals surface area contributed by atoms with Gasteiger partial charge >= 0.3 is 0 Å². The highest BCUT2D eigenvalue weighted by Gasteiger charge is 2.32. The molecule has 0 saturated heterocycles. The molecule has 20 heavy (non-hydrogen) atoms. The molecule has 1 heterocycles. The Labute approximate surface area is 122 Å². The summed E-state index contributed by atoms with van der Waals surface area (Å²) in [5, 5.41) is 3.13. The van der Waals surface area contributed by atoms with Crippen LogP contribution in [0.5, 0.6) is 5.88 Å². The van der Waals surface area contributed by atoms with Gasteiger partial charge in [0.05, 0.1) is 0 Å². The minimum Gasteiger partial charge on any atom is -0.474 e. The Balaban J connectivity index is 2.07. The summed E-state index contributed by atoms with van der Waals surface area (Å²) >= 11 is 0. The lowest BCUT2D eigenvalue weighted by Crippen LogP contribution is -2.36. The molecular formula is C16H27N3O. The summed E-state index contributed by atoms with van der Waals surface area (Å²) < 4.78 is 6.20.